The lowest BCUT2D eigenvalue weighted by atomic mass is 9.99. The lowest BCUT2D eigenvalue weighted by molar-refractivity contribution is -0.123. The minimum absolute atomic E-state index is 0.00144. The number of hydrogen-bond acceptors (Lipinski definition) is 7. The third kappa shape index (κ3) is 5.67. The zero-order chi connectivity index (χ0) is 28.2. The Morgan fingerprint density at radius 2 is 2.00 bits per heavy atom. The molecule has 0 aliphatic carbocycles. The molecule has 1 saturated heterocycles. The number of anilines is 1. The molecule has 2 atom stereocenters. The van der Waals surface area contributed by atoms with Gasteiger partial charge in [0.15, 0.2) is 5.78 Å². The highest BCUT2D eigenvalue weighted by molar-refractivity contribution is 7.13. The average molecular weight is 559 g/mol. The summed E-state index contributed by atoms with van der Waals surface area (Å²) >= 11 is 1.69. The van der Waals surface area contributed by atoms with Crippen molar-refractivity contribution in [3.8, 4) is 21.7 Å². The maximum Gasteiger partial charge on any atom is 0.242 e. The molecular weight excluding hydrogens is 520 g/mol. The summed E-state index contributed by atoms with van der Waals surface area (Å²) in [7, 11) is 0. The molecule has 1 aliphatic rings. The number of fused-ring (bicyclic) bond motifs is 1. The second-order valence-electron chi connectivity index (χ2n) is 10.3. The van der Waals surface area contributed by atoms with Gasteiger partial charge in [-0.15, -0.1) is 11.3 Å². The molecule has 1 N–H and O–H groups in total. The quantitative estimate of drug-likeness (QED) is 0.230. The maximum absolute atomic E-state index is 13.6. The van der Waals surface area contributed by atoms with E-state index in [2.05, 4.69) is 59.7 Å². The zero-order valence-electron chi connectivity index (χ0n) is 23.8. The van der Waals surface area contributed by atoms with Gasteiger partial charge in [-0.1, -0.05) is 19.9 Å². The van der Waals surface area contributed by atoms with Gasteiger partial charge < -0.3 is 15.1 Å². The van der Waals surface area contributed by atoms with Crippen LogP contribution in [0.5, 0.6) is 0 Å². The monoisotopic (exact) mass is 558 g/mol. The highest BCUT2D eigenvalue weighted by Crippen LogP contribution is 2.33. The number of nitrogens with one attached hydrogen (secondary N) is 1. The first-order valence-electron chi connectivity index (χ1n) is 14.3. The Labute approximate surface area is 240 Å². The van der Waals surface area contributed by atoms with Crippen LogP contribution in [0, 0.1) is 0 Å². The van der Waals surface area contributed by atoms with Crippen molar-refractivity contribution in [2.75, 3.05) is 31.1 Å². The number of thiophene rings is 1. The van der Waals surface area contributed by atoms with Crippen molar-refractivity contribution < 1.29 is 9.59 Å². The van der Waals surface area contributed by atoms with Crippen molar-refractivity contribution in [3.05, 3.63) is 59.7 Å². The molecule has 0 aromatic carbocycles. The van der Waals surface area contributed by atoms with Crippen LogP contribution in [-0.4, -0.2) is 69.5 Å². The van der Waals surface area contributed by atoms with Gasteiger partial charge in [0.25, 0.3) is 0 Å². The first kappa shape index (κ1) is 28.0. The van der Waals surface area contributed by atoms with Crippen LogP contribution in [0.2, 0.25) is 0 Å². The van der Waals surface area contributed by atoms with E-state index in [1.165, 1.54) is 4.88 Å². The molecule has 4 aromatic heterocycles. The van der Waals surface area contributed by atoms with E-state index in [-0.39, 0.29) is 17.7 Å². The molecule has 0 radical (unpaired) electrons. The second-order valence-corrected chi connectivity index (χ2v) is 11.3. The lowest BCUT2D eigenvalue weighted by Gasteiger charge is -2.40. The molecule has 40 heavy (non-hydrogen) atoms. The second kappa shape index (κ2) is 12.3. The van der Waals surface area contributed by atoms with Crippen molar-refractivity contribution in [2.45, 2.75) is 59.0 Å². The molecule has 1 fully saturated rings. The summed E-state index contributed by atoms with van der Waals surface area (Å²) in [5, 5.41) is 9.58. The number of likely N-dealkylation sites (N-methyl/N-ethyl adjacent to an activating group) is 1. The van der Waals surface area contributed by atoms with Crippen LogP contribution in [0.15, 0.2) is 54.2 Å². The third-order valence-corrected chi connectivity index (χ3v) is 8.85. The van der Waals surface area contributed by atoms with Gasteiger partial charge in [0, 0.05) is 47.8 Å². The summed E-state index contributed by atoms with van der Waals surface area (Å²) in [5.41, 5.74) is 4.22. The van der Waals surface area contributed by atoms with E-state index in [1.54, 1.807) is 11.3 Å². The highest BCUT2D eigenvalue weighted by Gasteiger charge is 2.35. The Bertz CT molecular complexity index is 1480. The summed E-state index contributed by atoms with van der Waals surface area (Å²) in [5.74, 6) is 0.752. The van der Waals surface area contributed by atoms with Crippen molar-refractivity contribution in [2.24, 2.45) is 0 Å². The summed E-state index contributed by atoms with van der Waals surface area (Å²) in [6.07, 6.45) is 5.78. The number of carbonyl (C=O) groups excluding carboxylic acids is 2. The molecule has 8 nitrogen and oxygen atoms in total. The van der Waals surface area contributed by atoms with Crippen LogP contribution in [0.3, 0.4) is 0 Å². The van der Waals surface area contributed by atoms with Gasteiger partial charge in [-0.2, -0.15) is 5.10 Å². The number of rotatable bonds is 12. The summed E-state index contributed by atoms with van der Waals surface area (Å²) in [6, 6.07) is 12.1. The first-order valence-corrected chi connectivity index (χ1v) is 15.2. The Morgan fingerprint density at radius 3 is 2.67 bits per heavy atom. The minimum Gasteiger partial charge on any atom is -0.355 e. The van der Waals surface area contributed by atoms with Crippen LogP contribution < -0.4 is 10.2 Å². The van der Waals surface area contributed by atoms with E-state index in [0.29, 0.717) is 36.1 Å². The predicted octanol–water partition coefficient (Wildman–Crippen LogP) is 5.53. The number of aromatic nitrogens is 3. The van der Waals surface area contributed by atoms with Crippen molar-refractivity contribution in [1.82, 2.24) is 24.8 Å². The molecular formula is C31H38N6O2S. The molecule has 4 aromatic rings. The molecule has 0 unspecified atom stereocenters. The topological polar surface area (TPSA) is 82.8 Å². The van der Waals surface area contributed by atoms with Crippen molar-refractivity contribution in [3.63, 3.8) is 0 Å². The van der Waals surface area contributed by atoms with Crippen LogP contribution in [0.1, 0.15) is 57.3 Å². The van der Waals surface area contributed by atoms with E-state index >= 15 is 0 Å². The number of nitrogens with zero attached hydrogens (tertiary/aromatic N) is 5. The van der Waals surface area contributed by atoms with E-state index < -0.39 is 0 Å². The molecule has 1 amide bonds. The fourth-order valence-electron chi connectivity index (χ4n) is 5.48. The predicted molar refractivity (Wildman–Crippen MR) is 162 cm³/mol. The lowest BCUT2D eigenvalue weighted by Crippen LogP contribution is -2.56. The van der Waals surface area contributed by atoms with E-state index in [9.17, 15) is 9.59 Å². The first-order chi connectivity index (χ1) is 19.4. The van der Waals surface area contributed by atoms with Crippen LogP contribution >= 0.6 is 11.3 Å². The molecule has 0 spiro atoms. The molecule has 9 heteroatoms. The number of amides is 1. The van der Waals surface area contributed by atoms with Crippen molar-refractivity contribution >= 4 is 34.4 Å². The fourth-order valence-corrected chi connectivity index (χ4v) is 6.20. The van der Waals surface area contributed by atoms with Gasteiger partial charge in [0.2, 0.25) is 5.91 Å². The Kier molecular flexibility index (Phi) is 8.61. The van der Waals surface area contributed by atoms with Gasteiger partial charge >= 0.3 is 0 Å². The number of ketones is 1. The molecule has 210 valence electrons. The SMILES string of the molecule is CCNC(=O)[C@@H]1CCN1c1cc(C(=O)CC[C@H](C)N(CC)CC)cc(-c2cnn3ccc(-c4cccs4)cc23)n1. The number of pyridine rings is 2. The summed E-state index contributed by atoms with van der Waals surface area (Å²) < 4.78 is 1.84. The van der Waals surface area contributed by atoms with Gasteiger partial charge in [0.05, 0.1) is 17.4 Å². The molecule has 0 bridgehead atoms. The Morgan fingerprint density at radius 1 is 1.18 bits per heavy atom. The van der Waals surface area contributed by atoms with Crippen LogP contribution in [0.4, 0.5) is 5.82 Å². The highest BCUT2D eigenvalue weighted by atomic mass is 32.1. The summed E-state index contributed by atoms with van der Waals surface area (Å²) in [4.78, 5) is 36.8. The van der Waals surface area contributed by atoms with Gasteiger partial charge in [-0.25, -0.2) is 9.50 Å². The normalized spacial score (nSPS) is 15.8. The zero-order valence-corrected chi connectivity index (χ0v) is 24.6. The number of carbonyl (C=O) groups is 2. The van der Waals surface area contributed by atoms with Gasteiger partial charge in [0.1, 0.15) is 11.9 Å². The van der Waals surface area contributed by atoms with Crippen LogP contribution in [-0.2, 0) is 4.79 Å². The van der Waals surface area contributed by atoms with Crippen molar-refractivity contribution in [1.29, 1.82) is 0 Å². The number of Topliss-reactive ketones (excluding diaryl/α,β-unsaturated/α-hetero) is 1. The number of hydrogen-bond donors (Lipinski definition) is 1. The van der Waals surface area contributed by atoms with E-state index in [4.69, 9.17) is 4.98 Å². The van der Waals surface area contributed by atoms with Gasteiger partial charge in [-0.05, 0) is 81.1 Å². The fraction of sp³-hybridized carbons (Fsp3) is 0.419. The molecule has 5 rings (SSSR count). The largest absolute Gasteiger partial charge is 0.355 e. The standard InChI is InChI=1S/C31H38N6O2S/c1-5-32-31(39)26-13-14-36(26)30-19-23(28(38)11-10-21(4)35(6-2)7-3)17-25(34-30)24-20-33-37-15-12-22(18-27(24)37)29-9-8-16-40-29/h8-9,12,15-21,26H,5-7,10-11,13-14H2,1-4H3,(H,32,39)/t21-,26-/m0/s1. The van der Waals surface area contributed by atoms with E-state index in [1.807, 2.05) is 46.9 Å². The van der Waals surface area contributed by atoms with Gasteiger partial charge in [-0.3, -0.25) is 9.59 Å². The van der Waals surface area contributed by atoms with Crippen LogP contribution in [0.25, 0.3) is 27.2 Å². The Hall–Kier alpha value is -3.56. The molecule has 1 aliphatic heterocycles. The maximum atomic E-state index is 13.6. The average Bonchev–Trinajstić information content (AvgIpc) is 3.62. The minimum atomic E-state index is -0.275. The van der Waals surface area contributed by atoms with E-state index in [0.717, 1.165) is 49.1 Å². The third-order valence-electron chi connectivity index (χ3n) is 7.93. The molecule has 5 heterocycles. The summed E-state index contributed by atoms with van der Waals surface area (Å²) in [6.45, 7) is 11.7. The Balaban J connectivity index is 1.52. The molecule has 0 saturated carbocycles. The smallest absolute Gasteiger partial charge is 0.242 e.